The van der Waals surface area contributed by atoms with E-state index in [4.69, 9.17) is 23.9 Å². The molecule has 1 amide bonds. The molecule has 0 bridgehead atoms. The highest BCUT2D eigenvalue weighted by atomic mass is 32.2. The highest BCUT2D eigenvalue weighted by Gasteiger charge is 2.52. The van der Waals surface area contributed by atoms with Crippen LogP contribution in [0, 0.1) is 0 Å². The quantitative estimate of drug-likeness (QED) is 0.353. The zero-order valence-corrected chi connectivity index (χ0v) is 19.6. The number of carbonyl (C=O) groups is 2. The molecule has 0 radical (unpaired) electrons. The van der Waals surface area contributed by atoms with Crippen LogP contribution in [0.4, 0.5) is 0 Å². The van der Waals surface area contributed by atoms with Crippen molar-refractivity contribution in [3.63, 3.8) is 0 Å². The van der Waals surface area contributed by atoms with Gasteiger partial charge in [-0.3, -0.25) is 9.59 Å². The summed E-state index contributed by atoms with van der Waals surface area (Å²) in [4.78, 5) is 22.8. The van der Waals surface area contributed by atoms with Gasteiger partial charge in [-0.05, 0) is 39.2 Å². The van der Waals surface area contributed by atoms with Gasteiger partial charge in [-0.25, -0.2) is 0 Å². The standard InChI is InChI=1S/C20H26BN3O7S/c1-19(2)20(3,4)31-21(30-19)13-7-11(28-5)8-14(29-6)12(13)10-22-24-18-23-17(27)15(32-18)9-16(25)26/h7-8,10,15H,9H2,1-6H3,(H,25,26)(H,23,24,27). The van der Waals surface area contributed by atoms with Gasteiger partial charge in [0.15, 0.2) is 5.17 Å². The summed E-state index contributed by atoms with van der Waals surface area (Å²) in [5.41, 5.74) is 0.127. The number of amidine groups is 1. The van der Waals surface area contributed by atoms with Crippen LogP contribution in [0.3, 0.4) is 0 Å². The predicted octanol–water partition coefficient (Wildman–Crippen LogP) is 1.40. The maximum Gasteiger partial charge on any atom is 0.495 e. The fourth-order valence-electron chi connectivity index (χ4n) is 3.10. The van der Waals surface area contributed by atoms with Crippen molar-refractivity contribution >= 4 is 47.6 Å². The number of carbonyl (C=O) groups excluding carboxylic acids is 1. The molecule has 2 saturated heterocycles. The van der Waals surface area contributed by atoms with Crippen LogP contribution in [0.2, 0.25) is 0 Å². The van der Waals surface area contributed by atoms with E-state index < -0.39 is 35.4 Å². The first-order valence-corrected chi connectivity index (χ1v) is 10.8. The van der Waals surface area contributed by atoms with Crippen LogP contribution in [0.1, 0.15) is 39.7 Å². The van der Waals surface area contributed by atoms with Gasteiger partial charge in [0.25, 0.3) is 0 Å². The van der Waals surface area contributed by atoms with Crippen LogP contribution in [-0.4, -0.2) is 66.2 Å². The Bertz CT molecular complexity index is 964. The monoisotopic (exact) mass is 463 g/mol. The van der Waals surface area contributed by atoms with Crippen LogP contribution >= 0.6 is 11.8 Å². The second-order valence-electron chi connectivity index (χ2n) is 8.26. The molecule has 2 aliphatic heterocycles. The number of nitrogens with zero attached hydrogens (tertiary/aromatic N) is 2. The van der Waals surface area contributed by atoms with Crippen molar-refractivity contribution in [2.24, 2.45) is 10.2 Å². The van der Waals surface area contributed by atoms with Gasteiger partial charge >= 0.3 is 13.1 Å². The number of carboxylic acid groups (broad SMARTS) is 1. The Morgan fingerprint density at radius 3 is 2.47 bits per heavy atom. The van der Waals surface area contributed by atoms with Gasteiger partial charge in [0.1, 0.15) is 16.7 Å². The average molecular weight is 463 g/mol. The minimum absolute atomic E-state index is 0.224. The van der Waals surface area contributed by atoms with E-state index in [2.05, 4.69) is 15.5 Å². The second kappa shape index (κ2) is 9.12. The van der Waals surface area contributed by atoms with Crippen molar-refractivity contribution in [1.82, 2.24) is 5.32 Å². The first-order chi connectivity index (χ1) is 15.0. The maximum atomic E-state index is 11.9. The molecular weight excluding hydrogens is 437 g/mol. The van der Waals surface area contributed by atoms with Crippen molar-refractivity contribution in [3.05, 3.63) is 17.7 Å². The van der Waals surface area contributed by atoms with E-state index in [-0.39, 0.29) is 11.6 Å². The topological polar surface area (TPSA) is 128 Å². The van der Waals surface area contributed by atoms with Crippen LogP contribution in [0.5, 0.6) is 11.5 Å². The molecule has 172 valence electrons. The third-order valence-corrected chi connectivity index (χ3v) is 6.65. The summed E-state index contributed by atoms with van der Waals surface area (Å²) in [7, 11) is 2.38. The maximum absolute atomic E-state index is 11.9. The summed E-state index contributed by atoms with van der Waals surface area (Å²) in [5.74, 6) is -0.432. The summed E-state index contributed by atoms with van der Waals surface area (Å²) in [6.45, 7) is 7.82. The summed E-state index contributed by atoms with van der Waals surface area (Å²) in [6, 6.07) is 3.49. The van der Waals surface area contributed by atoms with Gasteiger partial charge in [0.2, 0.25) is 5.91 Å². The van der Waals surface area contributed by atoms with E-state index in [1.807, 2.05) is 27.7 Å². The minimum Gasteiger partial charge on any atom is -0.497 e. The lowest BCUT2D eigenvalue weighted by Gasteiger charge is -2.32. The molecule has 0 aromatic heterocycles. The highest BCUT2D eigenvalue weighted by Crippen LogP contribution is 2.37. The molecule has 10 nitrogen and oxygen atoms in total. The number of hydrogen-bond acceptors (Lipinski definition) is 9. The normalized spacial score (nSPS) is 23.1. The average Bonchev–Trinajstić information content (AvgIpc) is 3.15. The van der Waals surface area contributed by atoms with Gasteiger partial charge in [-0.15, -0.1) is 5.10 Å². The molecule has 32 heavy (non-hydrogen) atoms. The Labute approximate surface area is 190 Å². The molecule has 12 heteroatoms. The second-order valence-corrected chi connectivity index (χ2v) is 9.46. The molecule has 2 aliphatic rings. The first kappa shape index (κ1) is 24.1. The molecule has 1 aromatic carbocycles. The fraction of sp³-hybridized carbons (Fsp3) is 0.500. The van der Waals surface area contributed by atoms with E-state index in [1.165, 1.54) is 13.3 Å². The Morgan fingerprint density at radius 2 is 1.91 bits per heavy atom. The molecule has 3 rings (SSSR count). The van der Waals surface area contributed by atoms with E-state index in [9.17, 15) is 9.59 Å². The van der Waals surface area contributed by atoms with E-state index in [0.717, 1.165) is 11.8 Å². The number of methoxy groups -OCH3 is 2. The van der Waals surface area contributed by atoms with Crippen molar-refractivity contribution < 1.29 is 33.5 Å². The largest absolute Gasteiger partial charge is 0.497 e. The van der Waals surface area contributed by atoms with E-state index >= 15 is 0 Å². The third-order valence-electron chi connectivity index (χ3n) is 5.58. The molecule has 0 saturated carbocycles. The molecule has 1 unspecified atom stereocenters. The Balaban J connectivity index is 1.92. The number of ether oxygens (including phenoxy) is 2. The molecule has 2 N–H and O–H groups in total. The summed E-state index contributed by atoms with van der Waals surface area (Å²) in [5, 5.41) is 19.0. The van der Waals surface area contributed by atoms with Crippen molar-refractivity contribution in [3.8, 4) is 11.5 Å². The van der Waals surface area contributed by atoms with Crippen molar-refractivity contribution in [2.45, 2.75) is 50.6 Å². The number of aliphatic carboxylic acids is 1. The lowest BCUT2D eigenvalue weighted by Crippen LogP contribution is -2.41. The fourth-order valence-corrected chi connectivity index (χ4v) is 4.01. The van der Waals surface area contributed by atoms with Crippen LogP contribution in [0.25, 0.3) is 0 Å². The number of carboxylic acids is 1. The van der Waals surface area contributed by atoms with Gasteiger partial charge in [-0.2, -0.15) is 5.10 Å². The molecule has 1 aromatic rings. The van der Waals surface area contributed by atoms with E-state index in [0.29, 0.717) is 22.5 Å². The summed E-state index contributed by atoms with van der Waals surface area (Å²) >= 11 is 1.02. The van der Waals surface area contributed by atoms with Gasteiger partial charge < -0.3 is 29.2 Å². The number of thioether (sulfide) groups is 1. The summed E-state index contributed by atoms with van der Waals surface area (Å²) in [6.07, 6.45) is 1.18. The molecule has 1 atom stereocenters. The Hall–Kier alpha value is -2.57. The lowest BCUT2D eigenvalue weighted by molar-refractivity contribution is -0.138. The molecule has 2 heterocycles. The first-order valence-electron chi connectivity index (χ1n) is 9.89. The van der Waals surface area contributed by atoms with Gasteiger partial charge in [0, 0.05) is 11.6 Å². The molecule has 0 aliphatic carbocycles. The van der Waals surface area contributed by atoms with Gasteiger partial charge in [-0.1, -0.05) is 11.8 Å². The SMILES string of the molecule is COc1cc(OC)c(C=NN=C2NC(=O)C(CC(=O)O)S2)c(B2OC(C)(C)C(C)(C)O2)c1. The molecular formula is C20H26BN3O7S. The number of hydrogen-bond donors (Lipinski definition) is 2. The number of nitrogens with one attached hydrogen (secondary N) is 1. The van der Waals surface area contributed by atoms with Crippen LogP contribution in [-0.2, 0) is 18.9 Å². The molecule has 0 spiro atoms. The number of benzene rings is 1. The number of amides is 1. The Morgan fingerprint density at radius 1 is 1.25 bits per heavy atom. The summed E-state index contributed by atoms with van der Waals surface area (Å²) < 4.78 is 23.3. The predicted molar refractivity (Wildman–Crippen MR) is 122 cm³/mol. The van der Waals surface area contributed by atoms with Crippen LogP contribution in [0.15, 0.2) is 22.3 Å². The van der Waals surface area contributed by atoms with Gasteiger partial charge in [0.05, 0.1) is 38.1 Å². The number of rotatable bonds is 7. The zero-order valence-electron chi connectivity index (χ0n) is 18.8. The van der Waals surface area contributed by atoms with E-state index in [1.54, 1.807) is 19.2 Å². The Kier molecular flexibility index (Phi) is 6.87. The zero-order chi connectivity index (χ0) is 23.7. The molecule has 2 fully saturated rings. The smallest absolute Gasteiger partial charge is 0.495 e. The van der Waals surface area contributed by atoms with Crippen LogP contribution < -0.4 is 20.3 Å². The minimum atomic E-state index is -1.06. The third kappa shape index (κ3) is 4.92. The highest BCUT2D eigenvalue weighted by molar-refractivity contribution is 8.15. The van der Waals surface area contributed by atoms with Crippen molar-refractivity contribution in [2.75, 3.05) is 14.2 Å². The van der Waals surface area contributed by atoms with Crippen molar-refractivity contribution in [1.29, 1.82) is 0 Å². The lowest BCUT2D eigenvalue weighted by atomic mass is 9.75.